The van der Waals surface area contributed by atoms with Crippen LogP contribution in [0.1, 0.15) is 17.5 Å². The number of rotatable bonds is 3. The molecule has 1 unspecified atom stereocenters. The summed E-state index contributed by atoms with van der Waals surface area (Å²) < 4.78 is 0.930. The Labute approximate surface area is 125 Å². The smallest absolute Gasteiger partial charge is 0.102 e. The highest BCUT2D eigenvalue weighted by Crippen LogP contribution is 2.24. The number of fused-ring (bicyclic) bond motifs is 1. The molecule has 1 N–H and O–H groups in total. The van der Waals surface area contributed by atoms with Gasteiger partial charge in [0.2, 0.25) is 0 Å². The van der Waals surface area contributed by atoms with Crippen molar-refractivity contribution in [3.8, 4) is 0 Å². The van der Waals surface area contributed by atoms with E-state index in [1.807, 2.05) is 42.5 Å². The van der Waals surface area contributed by atoms with Crippen molar-refractivity contribution in [1.29, 1.82) is 0 Å². The number of halogens is 1. The predicted molar refractivity (Wildman–Crippen MR) is 82.3 cm³/mol. The standard InChI is InChI=1S/C16H13BrN2O/c17-12-5-6-13(19-10-12)9-15(20)16-14-4-2-1-3-11(14)7-8-18-16/h1-8,10,15,20H,9H2. The Kier molecular flexibility index (Phi) is 3.76. The molecule has 1 atom stereocenters. The summed E-state index contributed by atoms with van der Waals surface area (Å²) in [5.74, 6) is 0. The van der Waals surface area contributed by atoms with E-state index in [9.17, 15) is 5.11 Å². The van der Waals surface area contributed by atoms with Crippen LogP contribution < -0.4 is 0 Å². The van der Waals surface area contributed by atoms with Gasteiger partial charge >= 0.3 is 0 Å². The van der Waals surface area contributed by atoms with Crippen LogP contribution in [-0.2, 0) is 6.42 Å². The Hall–Kier alpha value is -1.78. The summed E-state index contributed by atoms with van der Waals surface area (Å²) >= 11 is 3.35. The van der Waals surface area contributed by atoms with Crippen LogP contribution in [-0.4, -0.2) is 15.1 Å². The van der Waals surface area contributed by atoms with E-state index in [1.54, 1.807) is 12.4 Å². The molecular weight excluding hydrogens is 316 g/mol. The second-order valence-electron chi connectivity index (χ2n) is 4.61. The molecule has 3 nitrogen and oxygen atoms in total. The van der Waals surface area contributed by atoms with Gasteiger partial charge in [0.15, 0.2) is 0 Å². The number of aliphatic hydroxyl groups excluding tert-OH is 1. The van der Waals surface area contributed by atoms with Gasteiger partial charge in [-0.15, -0.1) is 0 Å². The van der Waals surface area contributed by atoms with Crippen LogP contribution in [0.15, 0.2) is 59.3 Å². The molecular formula is C16H13BrN2O. The minimum absolute atomic E-state index is 0.453. The fourth-order valence-corrected chi connectivity index (χ4v) is 2.47. The number of aliphatic hydroxyl groups is 1. The van der Waals surface area contributed by atoms with Gasteiger partial charge in [0, 0.05) is 34.4 Å². The lowest BCUT2D eigenvalue weighted by atomic mass is 10.0. The maximum absolute atomic E-state index is 10.4. The quantitative estimate of drug-likeness (QED) is 0.797. The first-order valence-electron chi connectivity index (χ1n) is 6.36. The molecule has 0 bridgehead atoms. The average molecular weight is 329 g/mol. The Balaban J connectivity index is 1.92. The largest absolute Gasteiger partial charge is 0.386 e. The lowest BCUT2D eigenvalue weighted by molar-refractivity contribution is 0.174. The summed E-state index contributed by atoms with van der Waals surface area (Å²) in [6.07, 6.45) is 3.26. The van der Waals surface area contributed by atoms with Crippen LogP contribution in [0.4, 0.5) is 0 Å². The molecule has 100 valence electrons. The molecule has 3 rings (SSSR count). The molecule has 2 aromatic heterocycles. The van der Waals surface area contributed by atoms with Gasteiger partial charge in [-0.3, -0.25) is 9.97 Å². The van der Waals surface area contributed by atoms with Gasteiger partial charge in [-0.1, -0.05) is 24.3 Å². The molecule has 0 aliphatic rings. The molecule has 0 saturated carbocycles. The van der Waals surface area contributed by atoms with E-state index < -0.39 is 6.10 Å². The number of benzene rings is 1. The van der Waals surface area contributed by atoms with Crippen molar-refractivity contribution in [3.63, 3.8) is 0 Å². The minimum Gasteiger partial charge on any atom is -0.386 e. The number of hydrogen-bond donors (Lipinski definition) is 1. The van der Waals surface area contributed by atoms with Crippen LogP contribution in [0.3, 0.4) is 0 Å². The van der Waals surface area contributed by atoms with Crippen molar-refractivity contribution < 1.29 is 5.11 Å². The molecule has 0 amide bonds. The Bertz CT molecular complexity index is 723. The second-order valence-corrected chi connectivity index (χ2v) is 5.52. The number of hydrogen-bond acceptors (Lipinski definition) is 3. The van der Waals surface area contributed by atoms with Crippen molar-refractivity contribution in [2.24, 2.45) is 0 Å². The highest BCUT2D eigenvalue weighted by Gasteiger charge is 2.14. The van der Waals surface area contributed by atoms with Crippen molar-refractivity contribution in [2.45, 2.75) is 12.5 Å². The fraction of sp³-hybridized carbons (Fsp3) is 0.125. The fourth-order valence-electron chi connectivity index (χ4n) is 2.23. The molecule has 0 aliphatic heterocycles. The van der Waals surface area contributed by atoms with E-state index >= 15 is 0 Å². The van der Waals surface area contributed by atoms with Gasteiger partial charge in [0.25, 0.3) is 0 Å². The highest BCUT2D eigenvalue weighted by molar-refractivity contribution is 9.10. The lowest BCUT2D eigenvalue weighted by Gasteiger charge is -2.12. The molecule has 0 spiro atoms. The Morgan fingerprint density at radius 2 is 1.90 bits per heavy atom. The van der Waals surface area contributed by atoms with Gasteiger partial charge < -0.3 is 5.11 Å². The maximum atomic E-state index is 10.4. The van der Waals surface area contributed by atoms with Crippen LogP contribution in [0.25, 0.3) is 10.8 Å². The molecule has 2 heterocycles. The van der Waals surface area contributed by atoms with Crippen LogP contribution in [0.5, 0.6) is 0 Å². The monoisotopic (exact) mass is 328 g/mol. The molecule has 0 saturated heterocycles. The van der Waals surface area contributed by atoms with Crippen molar-refractivity contribution in [1.82, 2.24) is 9.97 Å². The van der Waals surface area contributed by atoms with Crippen LogP contribution in [0.2, 0.25) is 0 Å². The minimum atomic E-state index is -0.658. The Morgan fingerprint density at radius 3 is 2.70 bits per heavy atom. The topological polar surface area (TPSA) is 46.0 Å². The number of nitrogens with zero attached hydrogens (tertiary/aromatic N) is 2. The van der Waals surface area contributed by atoms with E-state index in [1.165, 1.54) is 0 Å². The van der Waals surface area contributed by atoms with Gasteiger partial charge in [-0.25, -0.2) is 0 Å². The van der Waals surface area contributed by atoms with Crippen LogP contribution >= 0.6 is 15.9 Å². The first-order valence-corrected chi connectivity index (χ1v) is 7.15. The second kappa shape index (κ2) is 5.69. The Morgan fingerprint density at radius 1 is 1.05 bits per heavy atom. The molecule has 0 aliphatic carbocycles. The maximum Gasteiger partial charge on any atom is 0.102 e. The molecule has 1 aromatic carbocycles. The van der Waals surface area contributed by atoms with Gasteiger partial charge in [-0.05, 0) is 39.5 Å². The molecule has 0 fully saturated rings. The normalized spacial score (nSPS) is 12.5. The number of pyridine rings is 2. The third kappa shape index (κ3) is 2.71. The van der Waals surface area contributed by atoms with Crippen molar-refractivity contribution in [3.05, 3.63) is 70.7 Å². The zero-order valence-electron chi connectivity index (χ0n) is 10.7. The zero-order chi connectivity index (χ0) is 13.9. The van der Waals surface area contributed by atoms with Gasteiger partial charge in [0.1, 0.15) is 6.10 Å². The first-order chi connectivity index (χ1) is 9.74. The third-order valence-corrected chi connectivity index (χ3v) is 3.68. The number of aromatic nitrogens is 2. The van der Waals surface area contributed by atoms with Crippen LogP contribution in [0, 0.1) is 0 Å². The summed E-state index contributed by atoms with van der Waals surface area (Å²) in [6.45, 7) is 0. The van der Waals surface area contributed by atoms with Gasteiger partial charge in [0.05, 0.1) is 5.69 Å². The average Bonchev–Trinajstić information content (AvgIpc) is 2.49. The van der Waals surface area contributed by atoms with E-state index in [0.717, 1.165) is 20.9 Å². The highest BCUT2D eigenvalue weighted by atomic mass is 79.9. The SMILES string of the molecule is OC(Cc1ccc(Br)cn1)c1nccc2ccccc12. The summed E-state index contributed by atoms with van der Waals surface area (Å²) in [7, 11) is 0. The zero-order valence-corrected chi connectivity index (χ0v) is 12.3. The summed E-state index contributed by atoms with van der Waals surface area (Å²) in [5, 5.41) is 12.5. The lowest BCUT2D eigenvalue weighted by Crippen LogP contribution is -2.06. The molecule has 20 heavy (non-hydrogen) atoms. The van der Waals surface area contributed by atoms with Crippen molar-refractivity contribution >= 4 is 26.7 Å². The molecule has 3 aromatic rings. The molecule has 4 heteroatoms. The first kappa shape index (κ1) is 13.2. The summed E-state index contributed by atoms with van der Waals surface area (Å²) in [4.78, 5) is 8.62. The van der Waals surface area contributed by atoms with E-state index in [2.05, 4.69) is 25.9 Å². The molecule has 0 radical (unpaired) electrons. The van der Waals surface area contributed by atoms with Crippen molar-refractivity contribution in [2.75, 3.05) is 0 Å². The van der Waals surface area contributed by atoms with E-state index in [0.29, 0.717) is 12.1 Å². The summed E-state index contributed by atoms with van der Waals surface area (Å²) in [5.41, 5.74) is 1.54. The van der Waals surface area contributed by atoms with Gasteiger partial charge in [-0.2, -0.15) is 0 Å². The van der Waals surface area contributed by atoms with E-state index in [4.69, 9.17) is 0 Å². The predicted octanol–water partition coefficient (Wildman–Crippen LogP) is 3.67. The van der Waals surface area contributed by atoms with E-state index in [-0.39, 0.29) is 0 Å². The third-order valence-electron chi connectivity index (χ3n) is 3.21. The summed E-state index contributed by atoms with van der Waals surface area (Å²) in [6, 6.07) is 13.7.